The number of nitrogens with zero attached hydrogens (tertiary/aromatic N) is 1. The molecular formula is C6H13ClN2O2. The minimum Gasteiger partial charge on any atom is -0.480 e. The van der Waals surface area contributed by atoms with E-state index in [1.807, 2.05) is 4.90 Å². The molecule has 5 heteroatoms. The summed E-state index contributed by atoms with van der Waals surface area (Å²) in [6, 6.07) is -0.193. The second-order valence-electron chi connectivity index (χ2n) is 2.73. The first-order chi connectivity index (χ1) is 4.61. The lowest BCUT2D eigenvalue weighted by Gasteiger charge is -2.39. The maximum atomic E-state index is 10.4. The van der Waals surface area contributed by atoms with E-state index in [0.717, 1.165) is 0 Å². The van der Waals surface area contributed by atoms with Gasteiger partial charge < -0.3 is 10.8 Å². The topological polar surface area (TPSA) is 66.6 Å². The molecule has 1 aliphatic rings. The van der Waals surface area contributed by atoms with Crippen molar-refractivity contribution in [1.82, 2.24) is 4.90 Å². The number of likely N-dealkylation sites (tertiary alicyclic amines) is 1. The first-order valence-electron chi connectivity index (χ1n) is 3.33. The molecule has 3 N–H and O–H groups in total. The molecule has 0 radical (unpaired) electrons. The van der Waals surface area contributed by atoms with Crippen molar-refractivity contribution in [3.8, 4) is 0 Å². The third kappa shape index (κ3) is 2.32. The highest BCUT2D eigenvalue weighted by Gasteiger charge is 2.30. The average Bonchev–Trinajstić information content (AvgIpc) is 1.79. The van der Waals surface area contributed by atoms with Crippen molar-refractivity contribution in [2.75, 3.05) is 13.1 Å². The third-order valence-electron chi connectivity index (χ3n) is 1.84. The van der Waals surface area contributed by atoms with Gasteiger partial charge in [-0.25, -0.2) is 0 Å². The molecule has 11 heavy (non-hydrogen) atoms. The van der Waals surface area contributed by atoms with E-state index in [4.69, 9.17) is 10.8 Å². The van der Waals surface area contributed by atoms with Crippen LogP contribution >= 0.6 is 12.4 Å². The molecule has 1 unspecified atom stereocenters. The van der Waals surface area contributed by atoms with Crippen LogP contribution in [0.2, 0.25) is 0 Å². The normalized spacial score (nSPS) is 21.6. The first kappa shape index (κ1) is 10.7. The molecule has 1 atom stereocenters. The standard InChI is InChI=1S/C6H12N2O2.ClH/c1-4(6(9)10)8-2-5(7)3-8;/h4-5H,2-3,7H2,1H3,(H,9,10);1H. The van der Waals surface area contributed by atoms with Gasteiger partial charge in [0.1, 0.15) is 6.04 Å². The molecule has 0 spiro atoms. The average molecular weight is 181 g/mol. The van der Waals surface area contributed by atoms with Gasteiger partial charge in [-0.05, 0) is 6.92 Å². The fourth-order valence-electron chi connectivity index (χ4n) is 1.02. The molecule has 0 aromatic heterocycles. The summed E-state index contributed by atoms with van der Waals surface area (Å²) in [6.07, 6.45) is 0. The van der Waals surface area contributed by atoms with E-state index in [1.165, 1.54) is 0 Å². The Morgan fingerprint density at radius 1 is 1.73 bits per heavy atom. The second-order valence-corrected chi connectivity index (χ2v) is 2.73. The van der Waals surface area contributed by atoms with Crippen molar-refractivity contribution in [3.63, 3.8) is 0 Å². The van der Waals surface area contributed by atoms with Crippen molar-refractivity contribution in [1.29, 1.82) is 0 Å². The maximum Gasteiger partial charge on any atom is 0.320 e. The number of hydrogen-bond acceptors (Lipinski definition) is 3. The molecule has 1 saturated heterocycles. The van der Waals surface area contributed by atoms with Gasteiger partial charge in [0.2, 0.25) is 0 Å². The Balaban J connectivity index is 0.000001000. The van der Waals surface area contributed by atoms with E-state index in [9.17, 15) is 4.79 Å². The summed E-state index contributed by atoms with van der Waals surface area (Å²) in [5, 5.41) is 8.52. The van der Waals surface area contributed by atoms with Crippen LogP contribution < -0.4 is 5.73 Å². The SMILES string of the molecule is CC(C(=O)O)N1CC(N)C1.Cl. The largest absolute Gasteiger partial charge is 0.480 e. The lowest BCUT2D eigenvalue weighted by molar-refractivity contribution is -0.144. The minimum atomic E-state index is -0.771. The van der Waals surface area contributed by atoms with Crippen LogP contribution in [0, 0.1) is 0 Å². The zero-order chi connectivity index (χ0) is 7.72. The summed E-state index contributed by atoms with van der Waals surface area (Å²) in [4.78, 5) is 12.2. The van der Waals surface area contributed by atoms with Gasteiger partial charge in [0.05, 0.1) is 0 Å². The number of rotatable bonds is 2. The van der Waals surface area contributed by atoms with E-state index in [0.29, 0.717) is 13.1 Å². The van der Waals surface area contributed by atoms with E-state index in [2.05, 4.69) is 0 Å². The monoisotopic (exact) mass is 180 g/mol. The van der Waals surface area contributed by atoms with Gasteiger partial charge in [-0.15, -0.1) is 12.4 Å². The van der Waals surface area contributed by atoms with Gasteiger partial charge in [-0.1, -0.05) is 0 Å². The van der Waals surface area contributed by atoms with Crippen molar-refractivity contribution in [2.45, 2.75) is 19.0 Å². The van der Waals surface area contributed by atoms with Crippen LogP contribution in [0.4, 0.5) is 0 Å². The number of aliphatic carboxylic acids is 1. The van der Waals surface area contributed by atoms with Crippen LogP contribution in [-0.4, -0.2) is 41.1 Å². The molecule has 0 amide bonds. The van der Waals surface area contributed by atoms with Gasteiger partial charge in [-0.3, -0.25) is 9.69 Å². The zero-order valence-electron chi connectivity index (χ0n) is 6.36. The van der Waals surface area contributed by atoms with Gasteiger partial charge >= 0.3 is 5.97 Å². The van der Waals surface area contributed by atoms with Crippen molar-refractivity contribution < 1.29 is 9.90 Å². The Morgan fingerprint density at radius 3 is 2.45 bits per heavy atom. The number of carboxylic acids is 1. The fourth-order valence-corrected chi connectivity index (χ4v) is 1.02. The lowest BCUT2D eigenvalue weighted by atomic mass is 10.1. The molecule has 1 aliphatic heterocycles. The Labute approximate surface area is 71.8 Å². The van der Waals surface area contributed by atoms with E-state index in [1.54, 1.807) is 6.92 Å². The van der Waals surface area contributed by atoms with Crippen LogP contribution in [-0.2, 0) is 4.79 Å². The van der Waals surface area contributed by atoms with Crippen molar-refractivity contribution in [3.05, 3.63) is 0 Å². The predicted molar refractivity (Wildman–Crippen MR) is 43.9 cm³/mol. The third-order valence-corrected chi connectivity index (χ3v) is 1.84. The highest BCUT2D eigenvalue weighted by Crippen LogP contribution is 2.09. The van der Waals surface area contributed by atoms with Crippen LogP contribution in [0.25, 0.3) is 0 Å². The molecule has 1 rings (SSSR count). The molecule has 1 heterocycles. The fraction of sp³-hybridized carbons (Fsp3) is 0.833. The molecule has 66 valence electrons. The Kier molecular flexibility index (Phi) is 3.78. The Hall–Kier alpha value is -0.320. The minimum absolute atomic E-state index is 0. The zero-order valence-corrected chi connectivity index (χ0v) is 7.17. The predicted octanol–water partition coefficient (Wildman–Crippen LogP) is -0.476. The molecule has 0 aliphatic carbocycles. The Bertz CT molecular complexity index is 148. The van der Waals surface area contributed by atoms with Crippen LogP contribution in [0.1, 0.15) is 6.92 Å². The summed E-state index contributed by atoms with van der Waals surface area (Å²) >= 11 is 0. The summed E-state index contributed by atoms with van der Waals surface area (Å²) in [7, 11) is 0. The molecular weight excluding hydrogens is 168 g/mol. The molecule has 1 fully saturated rings. The van der Waals surface area contributed by atoms with Crippen molar-refractivity contribution >= 4 is 18.4 Å². The molecule has 0 saturated carbocycles. The van der Waals surface area contributed by atoms with Crippen LogP contribution in [0.5, 0.6) is 0 Å². The van der Waals surface area contributed by atoms with Gasteiger partial charge in [0.15, 0.2) is 0 Å². The van der Waals surface area contributed by atoms with Gasteiger partial charge in [-0.2, -0.15) is 0 Å². The summed E-state index contributed by atoms with van der Waals surface area (Å²) in [5.74, 6) is -0.771. The number of hydrogen-bond donors (Lipinski definition) is 2. The number of halogens is 1. The summed E-state index contributed by atoms with van der Waals surface area (Å²) in [5.41, 5.74) is 5.47. The van der Waals surface area contributed by atoms with Crippen LogP contribution in [0.3, 0.4) is 0 Å². The maximum absolute atomic E-state index is 10.4. The van der Waals surface area contributed by atoms with Gasteiger partial charge in [0, 0.05) is 19.1 Å². The number of carboxylic acid groups (broad SMARTS) is 1. The highest BCUT2D eigenvalue weighted by molar-refractivity contribution is 5.85. The first-order valence-corrected chi connectivity index (χ1v) is 3.33. The Morgan fingerprint density at radius 2 is 2.18 bits per heavy atom. The van der Waals surface area contributed by atoms with Crippen LogP contribution in [0.15, 0.2) is 0 Å². The molecule has 0 aromatic rings. The summed E-state index contributed by atoms with van der Waals surface area (Å²) < 4.78 is 0. The highest BCUT2D eigenvalue weighted by atomic mass is 35.5. The van der Waals surface area contributed by atoms with E-state index >= 15 is 0 Å². The number of carbonyl (C=O) groups is 1. The number of nitrogens with two attached hydrogens (primary N) is 1. The van der Waals surface area contributed by atoms with E-state index in [-0.39, 0.29) is 24.5 Å². The second kappa shape index (κ2) is 3.90. The molecule has 4 nitrogen and oxygen atoms in total. The molecule has 0 aromatic carbocycles. The molecule has 0 bridgehead atoms. The van der Waals surface area contributed by atoms with E-state index < -0.39 is 5.97 Å². The van der Waals surface area contributed by atoms with Gasteiger partial charge in [0.25, 0.3) is 0 Å². The van der Waals surface area contributed by atoms with Crippen molar-refractivity contribution in [2.24, 2.45) is 5.73 Å². The summed E-state index contributed by atoms with van der Waals surface area (Å²) in [6.45, 7) is 3.11. The quantitative estimate of drug-likeness (QED) is 0.603. The smallest absolute Gasteiger partial charge is 0.320 e. The lowest BCUT2D eigenvalue weighted by Crippen LogP contribution is -2.60.